The zero-order valence-corrected chi connectivity index (χ0v) is 16.2. The van der Waals surface area contributed by atoms with Gasteiger partial charge >= 0.3 is 7.60 Å². The number of hydrogen-bond acceptors (Lipinski definition) is 4. The lowest BCUT2D eigenvalue weighted by Gasteiger charge is -2.33. The van der Waals surface area contributed by atoms with Gasteiger partial charge in [0.2, 0.25) is 5.50 Å². The monoisotopic (exact) mass is 362 g/mol. The molecular weight excluding hydrogens is 335 g/mol. The molecule has 1 fully saturated rings. The van der Waals surface area contributed by atoms with Crippen molar-refractivity contribution < 1.29 is 18.0 Å². The van der Waals surface area contributed by atoms with Gasteiger partial charge in [0, 0.05) is 23.8 Å². The largest absolute Gasteiger partial charge is 0.453 e. The third-order valence-corrected chi connectivity index (χ3v) is 6.17. The van der Waals surface area contributed by atoms with Crippen molar-refractivity contribution in [1.82, 2.24) is 0 Å². The van der Waals surface area contributed by atoms with Crippen LogP contribution in [0.3, 0.4) is 0 Å². The van der Waals surface area contributed by atoms with Gasteiger partial charge in [-0.2, -0.15) is 0 Å². The molecule has 1 saturated heterocycles. The van der Waals surface area contributed by atoms with E-state index in [2.05, 4.69) is 19.1 Å². The molecule has 0 amide bonds. The molecule has 0 aliphatic carbocycles. The highest BCUT2D eigenvalue weighted by Gasteiger charge is 2.42. The Morgan fingerprint density at radius 3 is 2.44 bits per heavy atom. The minimum atomic E-state index is -3.40. The summed E-state index contributed by atoms with van der Waals surface area (Å²) < 4.78 is 30.7. The molecule has 5 heteroatoms. The van der Waals surface area contributed by atoms with Crippen LogP contribution in [0.25, 0.3) is 0 Å². The van der Waals surface area contributed by atoms with Crippen molar-refractivity contribution in [3.63, 3.8) is 0 Å². The van der Waals surface area contributed by atoms with Gasteiger partial charge in [0.05, 0.1) is 13.2 Å². The van der Waals surface area contributed by atoms with Crippen LogP contribution >= 0.6 is 7.60 Å². The Bertz CT molecular complexity index is 734. The summed E-state index contributed by atoms with van der Waals surface area (Å²) in [4.78, 5) is 0. The second-order valence-electron chi connectivity index (χ2n) is 7.52. The molecule has 0 atom stereocenters. The fourth-order valence-electron chi connectivity index (χ4n) is 2.84. The molecule has 2 aromatic rings. The third-order valence-electron chi connectivity index (χ3n) is 4.35. The maximum Gasteiger partial charge on any atom is 0.396 e. The molecule has 3 rings (SSSR count). The average Bonchev–Trinajstić information content (AvgIpc) is 3.00. The van der Waals surface area contributed by atoms with Crippen molar-refractivity contribution >= 4 is 13.1 Å². The summed E-state index contributed by atoms with van der Waals surface area (Å²) in [5, 5.41) is 0. The Labute approximate surface area is 150 Å². The van der Waals surface area contributed by atoms with Crippen LogP contribution in [-0.2, 0) is 26.5 Å². The molecule has 25 heavy (non-hydrogen) atoms. The zero-order chi connectivity index (χ0) is 17.9. The van der Waals surface area contributed by atoms with Crippen LogP contribution in [0.4, 0.5) is 0 Å². The topological polar surface area (TPSA) is 48.7 Å². The fourth-order valence-corrected chi connectivity index (χ4v) is 4.91. The Morgan fingerprint density at radius 1 is 1.12 bits per heavy atom. The molecule has 1 aliphatic rings. The summed E-state index contributed by atoms with van der Waals surface area (Å²) >= 11 is 0. The van der Waals surface area contributed by atoms with Crippen LogP contribution in [0.5, 0.6) is 0 Å². The summed E-state index contributed by atoms with van der Waals surface area (Å²) in [6.07, 6.45) is 3.62. The number of aryl methyl sites for hydroxylation is 1. The van der Waals surface area contributed by atoms with Gasteiger partial charge in [-0.1, -0.05) is 57.5 Å². The quantitative estimate of drug-likeness (QED) is 0.671. The van der Waals surface area contributed by atoms with Crippen molar-refractivity contribution in [3.8, 4) is 0 Å². The number of rotatable bonds is 6. The molecule has 0 spiro atoms. The normalized spacial score (nSPS) is 19.0. The lowest BCUT2D eigenvalue weighted by atomic mass is 9.97. The van der Waals surface area contributed by atoms with E-state index in [0.717, 1.165) is 36.1 Å². The van der Waals surface area contributed by atoms with E-state index in [1.54, 1.807) is 0 Å². The number of unbranched alkanes of at least 4 members (excludes halogenated alkanes) is 1. The van der Waals surface area contributed by atoms with Crippen molar-refractivity contribution in [3.05, 3.63) is 53.3 Å². The Hall–Kier alpha value is -1.35. The van der Waals surface area contributed by atoms with Crippen LogP contribution in [0, 0.1) is 5.41 Å². The smallest absolute Gasteiger partial charge is 0.396 e. The van der Waals surface area contributed by atoms with Crippen LogP contribution in [0.15, 0.2) is 40.8 Å². The van der Waals surface area contributed by atoms with Crippen molar-refractivity contribution in [2.45, 2.75) is 46.5 Å². The van der Waals surface area contributed by atoms with Gasteiger partial charge in [-0.3, -0.25) is 4.57 Å². The van der Waals surface area contributed by atoms with E-state index in [1.807, 2.05) is 38.1 Å². The van der Waals surface area contributed by atoms with E-state index in [0.29, 0.717) is 25.1 Å². The van der Waals surface area contributed by atoms with E-state index in [9.17, 15) is 4.57 Å². The Kier molecular flexibility index (Phi) is 5.52. The minimum Gasteiger partial charge on any atom is -0.453 e. The van der Waals surface area contributed by atoms with Gasteiger partial charge < -0.3 is 13.5 Å². The summed E-state index contributed by atoms with van der Waals surface area (Å²) in [5.74, 6) is 0.857. The van der Waals surface area contributed by atoms with Gasteiger partial charge in [-0.25, -0.2) is 0 Å². The zero-order valence-electron chi connectivity index (χ0n) is 15.3. The molecule has 0 saturated carbocycles. The first-order valence-electron chi connectivity index (χ1n) is 8.97. The molecule has 0 radical (unpaired) electrons. The van der Waals surface area contributed by atoms with Gasteiger partial charge in [0.25, 0.3) is 0 Å². The Balaban J connectivity index is 1.90. The van der Waals surface area contributed by atoms with Crippen LogP contribution in [-0.4, -0.2) is 13.2 Å². The number of hydrogen-bond donors (Lipinski definition) is 0. The molecule has 0 unspecified atom stereocenters. The van der Waals surface area contributed by atoms with Gasteiger partial charge in [-0.15, -0.1) is 0 Å². The number of benzene rings is 1. The molecule has 4 nitrogen and oxygen atoms in total. The van der Waals surface area contributed by atoms with Crippen molar-refractivity contribution in [2.24, 2.45) is 5.41 Å². The lowest BCUT2D eigenvalue weighted by Crippen LogP contribution is -2.32. The molecule has 0 bridgehead atoms. The summed E-state index contributed by atoms with van der Waals surface area (Å²) in [6, 6.07) is 12.1. The first-order chi connectivity index (χ1) is 11.9. The SMILES string of the molecule is CCCCc1cc(Cc2ccccc2)c(P2(=O)OCC(C)(C)CO2)o1. The second kappa shape index (κ2) is 7.49. The maximum absolute atomic E-state index is 13.3. The highest BCUT2D eigenvalue weighted by atomic mass is 31.2. The standard InChI is InChI=1S/C20H27O4P/c1-4-5-11-18-13-17(12-16-9-7-6-8-10-16)19(24-18)25(21)22-14-20(2,3)15-23-25/h6-10,13H,4-5,11-12,14-15H2,1-3H3. The van der Waals surface area contributed by atoms with E-state index < -0.39 is 7.60 Å². The third kappa shape index (κ3) is 4.44. The van der Waals surface area contributed by atoms with Gasteiger partial charge in [0.15, 0.2) is 0 Å². The van der Waals surface area contributed by atoms with Crippen molar-refractivity contribution in [2.75, 3.05) is 13.2 Å². The number of furan rings is 1. The molecule has 136 valence electrons. The average molecular weight is 362 g/mol. The van der Waals surface area contributed by atoms with Crippen LogP contribution in [0.2, 0.25) is 0 Å². The van der Waals surface area contributed by atoms with Crippen molar-refractivity contribution in [1.29, 1.82) is 0 Å². The van der Waals surface area contributed by atoms with E-state index in [1.165, 1.54) is 0 Å². The van der Waals surface area contributed by atoms with Crippen LogP contribution < -0.4 is 5.50 Å². The highest BCUT2D eigenvalue weighted by molar-refractivity contribution is 7.61. The Morgan fingerprint density at radius 2 is 1.80 bits per heavy atom. The first kappa shape index (κ1) is 18.4. The summed E-state index contributed by atoms with van der Waals surface area (Å²) in [6.45, 7) is 7.03. The predicted octanol–water partition coefficient (Wildman–Crippen LogP) is 5.10. The second-order valence-corrected chi connectivity index (χ2v) is 9.44. The van der Waals surface area contributed by atoms with Gasteiger partial charge in [-0.05, 0) is 18.1 Å². The molecule has 1 aromatic heterocycles. The first-order valence-corrected chi connectivity index (χ1v) is 10.5. The lowest BCUT2D eigenvalue weighted by molar-refractivity contribution is 0.0447. The minimum absolute atomic E-state index is 0.134. The molecular formula is C20H27O4P. The fraction of sp³-hybridized carbons (Fsp3) is 0.500. The maximum atomic E-state index is 13.3. The highest BCUT2D eigenvalue weighted by Crippen LogP contribution is 2.53. The molecule has 2 heterocycles. The summed E-state index contributed by atoms with van der Waals surface area (Å²) in [5.41, 5.74) is 2.30. The van der Waals surface area contributed by atoms with E-state index >= 15 is 0 Å². The van der Waals surface area contributed by atoms with E-state index in [-0.39, 0.29) is 5.41 Å². The predicted molar refractivity (Wildman–Crippen MR) is 99.5 cm³/mol. The van der Waals surface area contributed by atoms with E-state index in [4.69, 9.17) is 13.5 Å². The molecule has 0 N–H and O–H groups in total. The summed E-state index contributed by atoms with van der Waals surface area (Å²) in [7, 11) is -3.40. The van der Waals surface area contributed by atoms with Gasteiger partial charge in [0.1, 0.15) is 5.76 Å². The molecule has 1 aliphatic heterocycles. The molecule has 1 aromatic carbocycles. The van der Waals surface area contributed by atoms with Crippen LogP contribution in [0.1, 0.15) is 50.5 Å².